The third-order valence-electron chi connectivity index (χ3n) is 5.67. The first kappa shape index (κ1) is 20.3. The number of pyridine rings is 1. The van der Waals surface area contributed by atoms with Crippen molar-refractivity contribution in [2.24, 2.45) is 5.73 Å². The van der Waals surface area contributed by atoms with Crippen LogP contribution in [0.3, 0.4) is 0 Å². The van der Waals surface area contributed by atoms with Crippen LogP contribution in [0.25, 0.3) is 5.57 Å². The van der Waals surface area contributed by atoms with Gasteiger partial charge in [0, 0.05) is 25.5 Å². The Morgan fingerprint density at radius 3 is 2.54 bits per heavy atom. The fraction of sp³-hybridized carbons (Fsp3) is 0.417. The predicted molar refractivity (Wildman–Crippen MR) is 115 cm³/mol. The van der Waals surface area contributed by atoms with Gasteiger partial charge >= 0.3 is 0 Å². The van der Waals surface area contributed by atoms with Crippen molar-refractivity contribution in [2.75, 3.05) is 19.6 Å². The fourth-order valence-electron chi connectivity index (χ4n) is 3.97. The van der Waals surface area contributed by atoms with Crippen molar-refractivity contribution in [3.63, 3.8) is 0 Å². The average molecular weight is 378 g/mol. The summed E-state index contributed by atoms with van der Waals surface area (Å²) in [5.41, 5.74) is 13.7. The number of allylic oxidation sites excluding steroid dienone is 1. The molecule has 148 valence electrons. The highest BCUT2D eigenvalue weighted by Crippen LogP contribution is 2.29. The predicted octanol–water partition coefficient (Wildman–Crippen LogP) is 3.92. The molecule has 0 saturated carbocycles. The van der Waals surface area contributed by atoms with Crippen molar-refractivity contribution >= 4 is 11.5 Å². The Balaban J connectivity index is 1.68. The third kappa shape index (κ3) is 5.08. The molecule has 1 fully saturated rings. The van der Waals surface area contributed by atoms with Crippen LogP contribution in [-0.4, -0.2) is 35.4 Å². The molecule has 1 amide bonds. The lowest BCUT2D eigenvalue weighted by Crippen LogP contribution is -2.37. The number of nitrogens with two attached hydrogens (primary N) is 1. The first-order chi connectivity index (χ1) is 13.6. The van der Waals surface area contributed by atoms with Gasteiger partial charge in [0.1, 0.15) is 0 Å². The van der Waals surface area contributed by atoms with Crippen LogP contribution in [0.4, 0.5) is 0 Å². The number of hydrogen-bond donors (Lipinski definition) is 1. The van der Waals surface area contributed by atoms with Crippen LogP contribution < -0.4 is 5.73 Å². The molecule has 2 heterocycles. The van der Waals surface area contributed by atoms with Crippen LogP contribution in [0.5, 0.6) is 0 Å². The van der Waals surface area contributed by atoms with Crippen molar-refractivity contribution in [1.29, 1.82) is 0 Å². The van der Waals surface area contributed by atoms with Gasteiger partial charge < -0.3 is 10.6 Å². The molecule has 4 heteroatoms. The fourth-order valence-corrected chi connectivity index (χ4v) is 3.97. The number of carbonyl (C=O) groups excluding carboxylic acids is 1. The summed E-state index contributed by atoms with van der Waals surface area (Å²) in [6, 6.07) is 10.6. The number of piperidine rings is 1. The first-order valence-corrected chi connectivity index (χ1v) is 10.2. The molecule has 0 atom stereocenters. The molecule has 0 bridgehead atoms. The van der Waals surface area contributed by atoms with E-state index in [1.54, 1.807) is 12.4 Å². The summed E-state index contributed by atoms with van der Waals surface area (Å²) >= 11 is 0. The van der Waals surface area contributed by atoms with E-state index in [1.165, 1.54) is 27.8 Å². The minimum absolute atomic E-state index is 0.210. The molecule has 0 radical (unpaired) electrons. The van der Waals surface area contributed by atoms with Crippen molar-refractivity contribution < 1.29 is 4.79 Å². The number of hydrogen-bond acceptors (Lipinski definition) is 3. The molecule has 1 aliphatic heterocycles. The monoisotopic (exact) mass is 377 g/mol. The summed E-state index contributed by atoms with van der Waals surface area (Å²) in [6.07, 6.45) is 7.89. The molecule has 1 aromatic carbocycles. The minimum Gasteiger partial charge on any atom is -0.342 e. The number of carbonyl (C=O) groups is 1. The maximum Gasteiger partial charge on any atom is 0.227 e. The molecule has 1 saturated heterocycles. The average Bonchev–Trinajstić information content (AvgIpc) is 2.72. The normalized spacial score (nSPS) is 14.2. The zero-order valence-electron chi connectivity index (χ0n) is 17.1. The molecule has 2 N–H and O–H groups in total. The number of aryl methyl sites for hydroxylation is 2. The van der Waals surface area contributed by atoms with Gasteiger partial charge in [-0.25, -0.2) is 0 Å². The van der Waals surface area contributed by atoms with Gasteiger partial charge in [0.2, 0.25) is 5.91 Å². The highest BCUT2D eigenvalue weighted by Gasteiger charge is 2.21. The van der Waals surface area contributed by atoms with E-state index in [1.807, 2.05) is 17.0 Å². The van der Waals surface area contributed by atoms with E-state index in [2.05, 4.69) is 37.0 Å². The maximum atomic E-state index is 12.6. The Labute approximate surface area is 168 Å². The topological polar surface area (TPSA) is 59.2 Å². The largest absolute Gasteiger partial charge is 0.342 e. The van der Waals surface area contributed by atoms with Gasteiger partial charge in [0.05, 0.1) is 6.42 Å². The van der Waals surface area contributed by atoms with Crippen LogP contribution in [0.15, 0.2) is 48.3 Å². The molecule has 3 rings (SSSR count). The summed E-state index contributed by atoms with van der Waals surface area (Å²) < 4.78 is 0. The molecule has 0 spiro atoms. The van der Waals surface area contributed by atoms with Gasteiger partial charge in [-0.2, -0.15) is 0 Å². The molecule has 2 aromatic rings. The molecule has 28 heavy (non-hydrogen) atoms. The van der Waals surface area contributed by atoms with E-state index in [4.69, 9.17) is 5.73 Å². The van der Waals surface area contributed by atoms with E-state index in [-0.39, 0.29) is 5.91 Å². The molecule has 0 aliphatic carbocycles. The molecule has 0 unspecified atom stereocenters. The van der Waals surface area contributed by atoms with Crippen LogP contribution in [-0.2, 0) is 17.6 Å². The number of benzene rings is 1. The van der Waals surface area contributed by atoms with Gasteiger partial charge in [-0.3, -0.25) is 9.78 Å². The Morgan fingerprint density at radius 2 is 1.86 bits per heavy atom. The lowest BCUT2D eigenvalue weighted by molar-refractivity contribution is -0.130. The highest BCUT2D eigenvalue weighted by molar-refractivity contribution is 5.79. The Kier molecular flexibility index (Phi) is 6.99. The van der Waals surface area contributed by atoms with E-state index >= 15 is 0 Å². The number of rotatable bonds is 6. The molecular weight excluding hydrogens is 346 g/mol. The van der Waals surface area contributed by atoms with Crippen LogP contribution in [0, 0.1) is 6.92 Å². The zero-order chi connectivity index (χ0) is 19.9. The summed E-state index contributed by atoms with van der Waals surface area (Å²) in [5.74, 6) is 0.210. The molecular formula is C24H31N3O. The highest BCUT2D eigenvalue weighted by atomic mass is 16.2. The Hall–Kier alpha value is -2.46. The van der Waals surface area contributed by atoms with Crippen LogP contribution >= 0.6 is 0 Å². The minimum atomic E-state index is 0.210. The summed E-state index contributed by atoms with van der Waals surface area (Å²) in [6.45, 7) is 6.71. The van der Waals surface area contributed by atoms with Crippen molar-refractivity contribution in [3.8, 4) is 0 Å². The van der Waals surface area contributed by atoms with E-state index < -0.39 is 0 Å². The number of nitrogens with zero attached hydrogens (tertiary/aromatic N) is 2. The zero-order valence-corrected chi connectivity index (χ0v) is 17.1. The smallest absolute Gasteiger partial charge is 0.227 e. The molecule has 4 nitrogen and oxygen atoms in total. The van der Waals surface area contributed by atoms with Gasteiger partial charge in [0.25, 0.3) is 0 Å². The summed E-state index contributed by atoms with van der Waals surface area (Å²) in [5, 5.41) is 0. The summed E-state index contributed by atoms with van der Waals surface area (Å²) in [7, 11) is 0. The van der Waals surface area contributed by atoms with Crippen molar-refractivity contribution in [2.45, 2.75) is 46.0 Å². The number of amides is 1. The van der Waals surface area contributed by atoms with Crippen molar-refractivity contribution in [3.05, 3.63) is 70.6 Å². The van der Waals surface area contributed by atoms with Gasteiger partial charge in [0.15, 0.2) is 0 Å². The van der Waals surface area contributed by atoms with E-state index in [9.17, 15) is 4.79 Å². The quantitative estimate of drug-likeness (QED) is 0.830. The van der Waals surface area contributed by atoms with Crippen LogP contribution in [0.1, 0.15) is 48.4 Å². The SMILES string of the molecule is CC(=C1CCN(C(=O)Cc2ccncc2)CC1)c1ccc(C)cc1CCCN. The van der Waals surface area contributed by atoms with E-state index in [0.717, 1.165) is 50.9 Å². The second-order valence-corrected chi connectivity index (χ2v) is 7.69. The van der Waals surface area contributed by atoms with Crippen LogP contribution in [0.2, 0.25) is 0 Å². The second kappa shape index (κ2) is 9.65. The van der Waals surface area contributed by atoms with Crippen molar-refractivity contribution in [1.82, 2.24) is 9.88 Å². The maximum absolute atomic E-state index is 12.6. The van der Waals surface area contributed by atoms with E-state index in [0.29, 0.717) is 6.42 Å². The Bertz CT molecular complexity index is 832. The molecule has 1 aliphatic rings. The number of aromatic nitrogens is 1. The van der Waals surface area contributed by atoms with Gasteiger partial charge in [-0.15, -0.1) is 0 Å². The second-order valence-electron chi connectivity index (χ2n) is 7.69. The first-order valence-electron chi connectivity index (χ1n) is 10.2. The number of likely N-dealkylation sites (tertiary alicyclic amines) is 1. The standard InChI is InChI=1S/C24H31N3O/c1-18-5-6-23(22(16-18)4-3-11-25)19(2)21-9-14-27(15-10-21)24(28)17-20-7-12-26-13-8-20/h5-8,12-13,16H,3-4,9-11,14-15,17,25H2,1-2H3. The third-order valence-corrected chi connectivity index (χ3v) is 5.67. The Morgan fingerprint density at radius 1 is 1.14 bits per heavy atom. The lowest BCUT2D eigenvalue weighted by atomic mass is 9.89. The molecule has 1 aromatic heterocycles. The van der Waals surface area contributed by atoms with Gasteiger partial charge in [-0.1, -0.05) is 29.3 Å². The lowest BCUT2D eigenvalue weighted by Gasteiger charge is -2.30. The summed E-state index contributed by atoms with van der Waals surface area (Å²) in [4.78, 5) is 18.6. The van der Waals surface area contributed by atoms with Gasteiger partial charge in [-0.05, 0) is 80.5 Å².